The largest absolute Gasteiger partial charge is 0.326 e. The maximum Gasteiger partial charge on any atom is 0.0312 e. The third-order valence-electron chi connectivity index (χ3n) is 3.31. The van der Waals surface area contributed by atoms with Gasteiger partial charge in [0, 0.05) is 32.0 Å². The first-order valence-electron chi connectivity index (χ1n) is 6.71. The molecular formula is C16H21N3. The Morgan fingerprint density at radius 1 is 1.05 bits per heavy atom. The van der Waals surface area contributed by atoms with Crippen molar-refractivity contribution in [3.63, 3.8) is 0 Å². The number of pyridine rings is 1. The summed E-state index contributed by atoms with van der Waals surface area (Å²) in [6.45, 7) is 5.64. The van der Waals surface area contributed by atoms with Crippen LogP contribution in [0.25, 0.3) is 0 Å². The number of benzene rings is 1. The summed E-state index contributed by atoms with van der Waals surface area (Å²) in [7, 11) is 0. The Bertz CT molecular complexity index is 496. The average Bonchev–Trinajstić information content (AvgIpc) is 2.48. The van der Waals surface area contributed by atoms with Crippen LogP contribution in [0.4, 0.5) is 0 Å². The van der Waals surface area contributed by atoms with E-state index < -0.39 is 0 Å². The van der Waals surface area contributed by atoms with Crippen LogP contribution in [0.15, 0.2) is 48.8 Å². The first-order chi connectivity index (χ1) is 9.33. The van der Waals surface area contributed by atoms with Crippen molar-refractivity contribution < 1.29 is 0 Å². The van der Waals surface area contributed by atoms with Crippen molar-refractivity contribution in [1.82, 2.24) is 9.88 Å². The molecule has 0 saturated heterocycles. The average molecular weight is 255 g/mol. The summed E-state index contributed by atoms with van der Waals surface area (Å²) in [6.07, 6.45) is 3.74. The molecule has 2 rings (SSSR count). The lowest BCUT2D eigenvalue weighted by Gasteiger charge is -2.21. The van der Waals surface area contributed by atoms with Gasteiger partial charge in [0.25, 0.3) is 0 Å². The van der Waals surface area contributed by atoms with Gasteiger partial charge in [-0.2, -0.15) is 0 Å². The van der Waals surface area contributed by atoms with Crippen LogP contribution in [0, 0.1) is 0 Å². The summed E-state index contributed by atoms with van der Waals surface area (Å²) in [5.41, 5.74) is 9.58. The highest BCUT2D eigenvalue weighted by atomic mass is 15.1. The van der Waals surface area contributed by atoms with Gasteiger partial charge in [0.05, 0.1) is 0 Å². The lowest BCUT2D eigenvalue weighted by molar-refractivity contribution is 0.270. The zero-order valence-electron chi connectivity index (χ0n) is 11.4. The molecule has 0 radical (unpaired) electrons. The highest BCUT2D eigenvalue weighted by molar-refractivity contribution is 5.26. The van der Waals surface area contributed by atoms with Gasteiger partial charge in [0.15, 0.2) is 0 Å². The molecule has 0 aliphatic carbocycles. The van der Waals surface area contributed by atoms with Gasteiger partial charge in [-0.05, 0) is 29.3 Å². The standard InChI is InChI=1S/C16H21N3/c1-2-19(12-14-6-5-9-18-11-14)13-16-8-4-3-7-15(16)10-17/h3-9,11H,2,10,12-13,17H2,1H3. The van der Waals surface area contributed by atoms with Crippen molar-refractivity contribution in [1.29, 1.82) is 0 Å². The van der Waals surface area contributed by atoms with E-state index in [1.54, 1.807) is 0 Å². The first-order valence-corrected chi connectivity index (χ1v) is 6.71. The molecule has 0 fully saturated rings. The zero-order valence-corrected chi connectivity index (χ0v) is 11.4. The Hall–Kier alpha value is -1.71. The number of nitrogens with zero attached hydrogens (tertiary/aromatic N) is 2. The summed E-state index contributed by atoms with van der Waals surface area (Å²) in [4.78, 5) is 6.56. The quantitative estimate of drug-likeness (QED) is 0.862. The Kier molecular flexibility index (Phi) is 5.07. The predicted octanol–water partition coefficient (Wildman–Crippen LogP) is 2.56. The monoisotopic (exact) mass is 255 g/mol. The summed E-state index contributed by atoms with van der Waals surface area (Å²) in [5, 5.41) is 0. The van der Waals surface area contributed by atoms with Crippen molar-refractivity contribution >= 4 is 0 Å². The minimum Gasteiger partial charge on any atom is -0.326 e. The lowest BCUT2D eigenvalue weighted by atomic mass is 10.1. The van der Waals surface area contributed by atoms with Crippen LogP contribution in [-0.4, -0.2) is 16.4 Å². The van der Waals surface area contributed by atoms with E-state index in [1.807, 2.05) is 24.5 Å². The van der Waals surface area contributed by atoms with E-state index in [0.29, 0.717) is 6.54 Å². The highest BCUT2D eigenvalue weighted by Crippen LogP contribution is 2.13. The Morgan fingerprint density at radius 2 is 1.84 bits per heavy atom. The minimum atomic E-state index is 0.598. The first kappa shape index (κ1) is 13.7. The molecule has 100 valence electrons. The van der Waals surface area contributed by atoms with E-state index in [1.165, 1.54) is 16.7 Å². The normalized spacial score (nSPS) is 10.9. The molecule has 0 bridgehead atoms. The predicted molar refractivity (Wildman–Crippen MR) is 78.4 cm³/mol. The van der Waals surface area contributed by atoms with E-state index in [4.69, 9.17) is 5.73 Å². The molecule has 1 aromatic heterocycles. The van der Waals surface area contributed by atoms with Crippen LogP contribution < -0.4 is 5.73 Å². The number of aromatic nitrogens is 1. The van der Waals surface area contributed by atoms with Gasteiger partial charge in [-0.1, -0.05) is 37.3 Å². The van der Waals surface area contributed by atoms with Crippen LogP contribution >= 0.6 is 0 Å². The second-order valence-corrected chi connectivity index (χ2v) is 4.64. The maximum absolute atomic E-state index is 5.79. The number of rotatable bonds is 6. The van der Waals surface area contributed by atoms with Gasteiger partial charge in [-0.25, -0.2) is 0 Å². The van der Waals surface area contributed by atoms with Crippen molar-refractivity contribution in [2.24, 2.45) is 5.73 Å². The summed E-state index contributed by atoms with van der Waals surface area (Å²) in [5.74, 6) is 0. The molecule has 3 heteroatoms. The van der Waals surface area contributed by atoms with Gasteiger partial charge in [-0.3, -0.25) is 9.88 Å². The molecule has 0 aliphatic heterocycles. The van der Waals surface area contributed by atoms with Crippen LogP contribution in [0.2, 0.25) is 0 Å². The van der Waals surface area contributed by atoms with Crippen molar-refractivity contribution in [3.8, 4) is 0 Å². The molecule has 0 unspecified atom stereocenters. The second-order valence-electron chi connectivity index (χ2n) is 4.64. The molecule has 0 amide bonds. The molecule has 19 heavy (non-hydrogen) atoms. The number of hydrogen-bond donors (Lipinski definition) is 1. The highest BCUT2D eigenvalue weighted by Gasteiger charge is 2.07. The molecule has 1 heterocycles. The Balaban J connectivity index is 2.07. The fraction of sp³-hybridized carbons (Fsp3) is 0.312. The Labute approximate surface area is 115 Å². The summed E-state index contributed by atoms with van der Waals surface area (Å²) >= 11 is 0. The van der Waals surface area contributed by atoms with E-state index in [2.05, 4.69) is 41.1 Å². The fourth-order valence-corrected chi connectivity index (χ4v) is 2.18. The molecule has 2 N–H and O–H groups in total. The van der Waals surface area contributed by atoms with Gasteiger partial charge in [-0.15, -0.1) is 0 Å². The zero-order chi connectivity index (χ0) is 13.5. The second kappa shape index (κ2) is 7.02. The molecule has 0 spiro atoms. The third kappa shape index (κ3) is 3.88. The van der Waals surface area contributed by atoms with Crippen molar-refractivity contribution in [3.05, 3.63) is 65.5 Å². The fourth-order valence-electron chi connectivity index (χ4n) is 2.18. The lowest BCUT2D eigenvalue weighted by Crippen LogP contribution is -2.23. The Morgan fingerprint density at radius 3 is 2.47 bits per heavy atom. The molecular weight excluding hydrogens is 234 g/mol. The third-order valence-corrected chi connectivity index (χ3v) is 3.31. The van der Waals surface area contributed by atoms with Gasteiger partial charge < -0.3 is 5.73 Å². The summed E-state index contributed by atoms with van der Waals surface area (Å²) < 4.78 is 0. The van der Waals surface area contributed by atoms with Crippen molar-refractivity contribution in [2.75, 3.05) is 6.54 Å². The topological polar surface area (TPSA) is 42.2 Å². The van der Waals surface area contributed by atoms with E-state index in [9.17, 15) is 0 Å². The molecule has 3 nitrogen and oxygen atoms in total. The molecule has 1 aromatic carbocycles. The smallest absolute Gasteiger partial charge is 0.0312 e. The van der Waals surface area contributed by atoms with Crippen LogP contribution in [0.1, 0.15) is 23.6 Å². The van der Waals surface area contributed by atoms with Crippen molar-refractivity contribution in [2.45, 2.75) is 26.6 Å². The SMILES string of the molecule is CCN(Cc1cccnc1)Cc1ccccc1CN. The van der Waals surface area contributed by atoms with E-state index >= 15 is 0 Å². The number of nitrogens with two attached hydrogens (primary N) is 1. The van der Waals surface area contributed by atoms with E-state index in [-0.39, 0.29) is 0 Å². The van der Waals surface area contributed by atoms with E-state index in [0.717, 1.165) is 19.6 Å². The molecule has 2 aromatic rings. The van der Waals surface area contributed by atoms with Crippen LogP contribution in [0.5, 0.6) is 0 Å². The van der Waals surface area contributed by atoms with Crippen LogP contribution in [-0.2, 0) is 19.6 Å². The minimum absolute atomic E-state index is 0.598. The van der Waals surface area contributed by atoms with Gasteiger partial charge >= 0.3 is 0 Å². The molecule has 0 saturated carbocycles. The number of hydrogen-bond acceptors (Lipinski definition) is 3. The van der Waals surface area contributed by atoms with Crippen LogP contribution in [0.3, 0.4) is 0 Å². The molecule has 0 aliphatic rings. The molecule has 0 atom stereocenters. The van der Waals surface area contributed by atoms with Gasteiger partial charge in [0.2, 0.25) is 0 Å². The maximum atomic E-state index is 5.79. The van der Waals surface area contributed by atoms with Gasteiger partial charge in [0.1, 0.15) is 0 Å². The summed E-state index contributed by atoms with van der Waals surface area (Å²) in [6, 6.07) is 12.5.